The number of ether oxygens (including phenoxy) is 2. The maximum absolute atomic E-state index is 12.4. The first-order valence-corrected chi connectivity index (χ1v) is 8.06. The third-order valence-electron chi connectivity index (χ3n) is 2.53. The van der Waals surface area contributed by atoms with Gasteiger partial charge in [-0.3, -0.25) is 0 Å². The molecule has 0 aliphatic heterocycles. The van der Waals surface area contributed by atoms with Crippen molar-refractivity contribution < 1.29 is 27.1 Å². The molecule has 0 spiro atoms. The summed E-state index contributed by atoms with van der Waals surface area (Å²) in [5.41, 5.74) is 0.196. The monoisotopic (exact) mass is 308 g/mol. The third kappa shape index (κ3) is 6.04. The van der Waals surface area contributed by atoms with Crippen LogP contribution >= 0.6 is 0 Å². The lowest BCUT2D eigenvalue weighted by Gasteiger charge is -2.17. The van der Waals surface area contributed by atoms with E-state index in [1.54, 1.807) is 0 Å². The van der Waals surface area contributed by atoms with Crippen LogP contribution in [0.3, 0.4) is 0 Å². The molecule has 1 aromatic carbocycles. The van der Waals surface area contributed by atoms with Gasteiger partial charge in [-0.2, -0.15) is 13.2 Å². The molecule has 0 aliphatic rings. The van der Waals surface area contributed by atoms with Crippen LogP contribution in [0.1, 0.15) is 25.0 Å². The van der Waals surface area contributed by atoms with Crippen LogP contribution in [-0.2, 0) is 26.1 Å². The van der Waals surface area contributed by atoms with Gasteiger partial charge in [0.1, 0.15) is 0 Å². The lowest BCUT2D eigenvalue weighted by atomic mass is 10.1. The van der Waals surface area contributed by atoms with E-state index in [0.29, 0.717) is 19.3 Å². The molecule has 114 valence electrons. The van der Waals surface area contributed by atoms with Gasteiger partial charge in [0.05, 0.1) is 5.56 Å². The van der Waals surface area contributed by atoms with Crippen molar-refractivity contribution in [1.82, 2.24) is 0 Å². The van der Waals surface area contributed by atoms with Crippen molar-refractivity contribution in [2.75, 3.05) is 13.2 Å². The average Bonchev–Trinajstić information content (AvgIpc) is 2.39. The summed E-state index contributed by atoms with van der Waals surface area (Å²) in [6.07, 6.45) is -4.29. The highest BCUT2D eigenvalue weighted by molar-refractivity contribution is 6.26. The summed E-state index contributed by atoms with van der Waals surface area (Å²) in [5.74, 6) is 0. The standard InChI is InChI=1S/C13H19F3O3Si/c1-3-17-12(18-4-2)19-20-9-10-5-7-11(8-6-10)13(14,15)16/h5-8,12H,3-4,9,20H2,1-2H3. The highest BCUT2D eigenvalue weighted by Crippen LogP contribution is 2.29. The van der Waals surface area contributed by atoms with Gasteiger partial charge in [-0.1, -0.05) is 12.1 Å². The van der Waals surface area contributed by atoms with Gasteiger partial charge in [0.2, 0.25) is 0 Å². The molecular weight excluding hydrogens is 289 g/mol. The highest BCUT2D eigenvalue weighted by atomic mass is 28.2. The van der Waals surface area contributed by atoms with Crippen LogP contribution in [0, 0.1) is 0 Å². The lowest BCUT2D eigenvalue weighted by Crippen LogP contribution is -2.24. The Kier molecular flexibility index (Phi) is 7.21. The van der Waals surface area contributed by atoms with Crippen LogP contribution < -0.4 is 0 Å². The summed E-state index contributed by atoms with van der Waals surface area (Å²) in [7, 11) is -0.953. The fraction of sp³-hybridized carbons (Fsp3) is 0.538. The van der Waals surface area contributed by atoms with Crippen molar-refractivity contribution in [2.45, 2.75) is 32.5 Å². The number of halogens is 3. The summed E-state index contributed by atoms with van der Waals surface area (Å²) in [5, 5.41) is 0. The van der Waals surface area contributed by atoms with E-state index in [1.165, 1.54) is 12.1 Å². The summed E-state index contributed by atoms with van der Waals surface area (Å²) in [6, 6.07) is 5.78. The molecule has 1 aromatic rings. The molecule has 0 aromatic heterocycles. The maximum Gasteiger partial charge on any atom is 0.416 e. The van der Waals surface area contributed by atoms with Gasteiger partial charge in [0, 0.05) is 13.2 Å². The van der Waals surface area contributed by atoms with E-state index < -0.39 is 28.0 Å². The molecule has 0 N–H and O–H groups in total. The molecule has 0 amide bonds. The van der Waals surface area contributed by atoms with Gasteiger partial charge < -0.3 is 13.9 Å². The molecule has 1 rings (SSSR count). The second-order valence-electron chi connectivity index (χ2n) is 4.01. The number of benzene rings is 1. The van der Waals surface area contributed by atoms with Crippen LogP contribution in [0.25, 0.3) is 0 Å². The van der Waals surface area contributed by atoms with E-state index in [1.807, 2.05) is 13.8 Å². The molecule has 0 aliphatic carbocycles. The van der Waals surface area contributed by atoms with Gasteiger partial charge in [-0.25, -0.2) is 0 Å². The largest absolute Gasteiger partial charge is 0.416 e. The van der Waals surface area contributed by atoms with Crippen molar-refractivity contribution in [2.24, 2.45) is 0 Å². The van der Waals surface area contributed by atoms with E-state index in [-0.39, 0.29) is 0 Å². The van der Waals surface area contributed by atoms with E-state index in [0.717, 1.165) is 17.7 Å². The summed E-state index contributed by atoms with van der Waals surface area (Å²) < 4.78 is 53.1. The molecule has 0 unspecified atom stereocenters. The predicted molar refractivity (Wildman–Crippen MR) is 71.8 cm³/mol. The second kappa shape index (κ2) is 8.41. The minimum absolute atomic E-state index is 0.485. The molecule has 0 heterocycles. The van der Waals surface area contributed by atoms with E-state index in [4.69, 9.17) is 13.9 Å². The zero-order valence-corrected chi connectivity index (χ0v) is 13.0. The lowest BCUT2D eigenvalue weighted by molar-refractivity contribution is -0.243. The number of alkyl halides is 3. The molecular formula is C13H19F3O3Si. The molecule has 0 saturated carbocycles. The second-order valence-corrected chi connectivity index (χ2v) is 5.26. The Bertz CT molecular complexity index is 375. The maximum atomic E-state index is 12.4. The molecule has 0 fully saturated rings. The summed E-state index contributed by atoms with van der Waals surface area (Å²) in [4.78, 5) is 0. The molecule has 7 heteroatoms. The first-order chi connectivity index (χ1) is 9.47. The van der Waals surface area contributed by atoms with Gasteiger partial charge in [-0.15, -0.1) is 0 Å². The highest BCUT2D eigenvalue weighted by Gasteiger charge is 2.29. The van der Waals surface area contributed by atoms with Gasteiger partial charge >= 0.3 is 6.18 Å². The number of hydrogen-bond donors (Lipinski definition) is 0. The Hall–Kier alpha value is -0.893. The van der Waals surface area contributed by atoms with Crippen molar-refractivity contribution in [3.63, 3.8) is 0 Å². The third-order valence-corrected chi connectivity index (χ3v) is 3.82. The van der Waals surface area contributed by atoms with Crippen LogP contribution in [0.5, 0.6) is 0 Å². The van der Waals surface area contributed by atoms with Crippen LogP contribution in [0.2, 0.25) is 0 Å². The normalized spacial score (nSPS) is 12.7. The molecule has 0 bridgehead atoms. The van der Waals surface area contributed by atoms with E-state index >= 15 is 0 Å². The zero-order chi connectivity index (χ0) is 15.0. The summed E-state index contributed by atoms with van der Waals surface area (Å²) in [6.45, 7) is 3.99. The van der Waals surface area contributed by atoms with E-state index in [9.17, 15) is 13.2 Å². The van der Waals surface area contributed by atoms with Crippen molar-refractivity contribution in [1.29, 1.82) is 0 Å². The first kappa shape index (κ1) is 17.2. The molecule has 0 saturated heterocycles. The van der Waals surface area contributed by atoms with Gasteiger partial charge in [0.15, 0.2) is 9.76 Å². The number of rotatable bonds is 8. The van der Waals surface area contributed by atoms with Crippen LogP contribution in [0.15, 0.2) is 24.3 Å². The summed E-state index contributed by atoms with van der Waals surface area (Å²) >= 11 is 0. The predicted octanol–water partition coefficient (Wildman–Crippen LogP) is 2.66. The van der Waals surface area contributed by atoms with Crippen LogP contribution in [-0.4, -0.2) is 29.5 Å². The average molecular weight is 308 g/mol. The Morgan fingerprint density at radius 1 is 1.05 bits per heavy atom. The molecule has 3 nitrogen and oxygen atoms in total. The van der Waals surface area contributed by atoms with Crippen LogP contribution in [0.4, 0.5) is 13.2 Å². The minimum Gasteiger partial charge on any atom is -0.378 e. The smallest absolute Gasteiger partial charge is 0.378 e. The molecule has 20 heavy (non-hydrogen) atoms. The molecule has 0 radical (unpaired) electrons. The van der Waals surface area contributed by atoms with Gasteiger partial charge in [-0.05, 0) is 37.6 Å². The van der Waals surface area contributed by atoms with Gasteiger partial charge in [0.25, 0.3) is 6.48 Å². The Morgan fingerprint density at radius 2 is 1.60 bits per heavy atom. The Morgan fingerprint density at radius 3 is 2.05 bits per heavy atom. The Labute approximate surface area is 119 Å². The van der Waals surface area contributed by atoms with Crippen molar-refractivity contribution in [3.8, 4) is 0 Å². The van der Waals surface area contributed by atoms with Crippen molar-refractivity contribution >= 4 is 9.76 Å². The fourth-order valence-electron chi connectivity index (χ4n) is 1.55. The Balaban J connectivity index is 2.41. The minimum atomic E-state index is -4.29. The first-order valence-electron chi connectivity index (χ1n) is 6.48. The zero-order valence-electron chi connectivity index (χ0n) is 11.6. The molecule has 0 atom stereocenters. The topological polar surface area (TPSA) is 27.7 Å². The fourth-order valence-corrected chi connectivity index (χ4v) is 2.62. The number of hydrogen-bond acceptors (Lipinski definition) is 3. The van der Waals surface area contributed by atoms with E-state index in [2.05, 4.69) is 0 Å². The van der Waals surface area contributed by atoms with Crippen molar-refractivity contribution in [3.05, 3.63) is 35.4 Å². The SMILES string of the molecule is CCOC(OCC)O[SiH2]Cc1ccc(C(F)(F)F)cc1. The quantitative estimate of drug-likeness (QED) is 0.546.